The Balaban J connectivity index is 0.000000456. The van der Waals surface area contributed by atoms with Crippen molar-refractivity contribution in [1.82, 2.24) is 15.0 Å². The van der Waals surface area contributed by atoms with E-state index in [2.05, 4.69) is 50.9 Å². The molecule has 5 heterocycles. The van der Waals surface area contributed by atoms with Crippen molar-refractivity contribution in [3.8, 4) is 17.3 Å². The minimum absolute atomic E-state index is 0.254. The van der Waals surface area contributed by atoms with Crippen molar-refractivity contribution < 1.29 is 9.13 Å². The van der Waals surface area contributed by atoms with Crippen LogP contribution in [0.15, 0.2) is 12.4 Å². The first kappa shape index (κ1) is 29.1. The van der Waals surface area contributed by atoms with E-state index in [1.54, 1.807) is 0 Å². The molecule has 2 N–H and O–H groups in total. The van der Waals surface area contributed by atoms with Crippen LogP contribution in [0.3, 0.4) is 0 Å². The topological polar surface area (TPSA) is 101 Å². The summed E-state index contributed by atoms with van der Waals surface area (Å²) in [6.45, 7) is 13.4. The Morgan fingerprint density at radius 2 is 1.85 bits per heavy atom. The summed E-state index contributed by atoms with van der Waals surface area (Å²) < 4.78 is 20.7. The number of aromatic nitrogens is 3. The van der Waals surface area contributed by atoms with Gasteiger partial charge >= 0.3 is 0 Å². The Bertz CT molecular complexity index is 1540. The monoisotopic (exact) mass is 566 g/mol. The standard InChI is InChI=1S/C22H18FN6OPS.C5H12.C2H6/c23-14-7-26-18(16-10(5-24)21(25)32-20(14)16)15-13-9-30-8-12(13)11-6-27-22(28-17(11)19(15)31)29-3-1-2-4-29;1-4-5(2)3;1-2/h6-7H,1-4,8-9,25,31H2;5H,4H2,1-3H3;1-2H3. The van der Waals surface area contributed by atoms with Crippen LogP contribution in [0.1, 0.15) is 70.6 Å². The molecule has 0 aliphatic carbocycles. The minimum Gasteiger partial charge on any atom is -0.389 e. The fraction of sp³-hybridized carbons (Fsp3) is 0.448. The number of hydrogen-bond donors (Lipinski definition) is 1. The summed E-state index contributed by atoms with van der Waals surface area (Å²) in [4.78, 5) is 16.2. The number of anilines is 2. The molecule has 7 nitrogen and oxygen atoms in total. The second-order valence-corrected chi connectivity index (χ2v) is 11.4. The summed E-state index contributed by atoms with van der Waals surface area (Å²) in [5.41, 5.74) is 10.4. The highest BCUT2D eigenvalue weighted by Gasteiger charge is 2.28. The average molecular weight is 567 g/mol. The lowest BCUT2D eigenvalue weighted by Crippen LogP contribution is -2.21. The number of ether oxygens (including phenoxy) is 1. The Labute approximate surface area is 235 Å². The summed E-state index contributed by atoms with van der Waals surface area (Å²) in [7, 11) is 2.78. The molecule has 0 spiro atoms. The fourth-order valence-electron chi connectivity index (χ4n) is 4.70. The maximum absolute atomic E-state index is 14.6. The lowest BCUT2D eigenvalue weighted by molar-refractivity contribution is 0.135. The molecule has 6 rings (SSSR count). The average Bonchev–Trinajstić information content (AvgIpc) is 3.72. The van der Waals surface area contributed by atoms with Crippen LogP contribution >= 0.6 is 20.6 Å². The van der Waals surface area contributed by atoms with Gasteiger partial charge in [-0.2, -0.15) is 5.26 Å². The van der Waals surface area contributed by atoms with Crippen molar-refractivity contribution in [2.24, 2.45) is 5.92 Å². The predicted octanol–water partition coefficient (Wildman–Crippen LogP) is 6.71. The molecule has 0 bridgehead atoms. The van der Waals surface area contributed by atoms with Crippen molar-refractivity contribution in [2.45, 2.75) is 67.1 Å². The number of fused-ring (bicyclic) bond motifs is 4. The van der Waals surface area contributed by atoms with Crippen molar-refractivity contribution in [2.75, 3.05) is 23.7 Å². The van der Waals surface area contributed by atoms with Crippen molar-refractivity contribution in [1.29, 1.82) is 5.26 Å². The van der Waals surface area contributed by atoms with Gasteiger partial charge in [-0.15, -0.1) is 20.6 Å². The van der Waals surface area contributed by atoms with E-state index in [9.17, 15) is 9.65 Å². The molecule has 206 valence electrons. The van der Waals surface area contributed by atoms with Gasteiger partial charge < -0.3 is 15.4 Å². The number of benzene rings is 1. The van der Waals surface area contributed by atoms with Gasteiger partial charge in [0.05, 0.1) is 40.9 Å². The van der Waals surface area contributed by atoms with Gasteiger partial charge in [-0.05, 0) is 29.9 Å². The molecule has 1 atom stereocenters. The van der Waals surface area contributed by atoms with E-state index in [0.717, 1.165) is 76.1 Å². The van der Waals surface area contributed by atoms with E-state index in [1.807, 2.05) is 20.0 Å². The van der Waals surface area contributed by atoms with Crippen LogP contribution in [-0.2, 0) is 18.0 Å². The molecule has 3 aromatic heterocycles. The van der Waals surface area contributed by atoms with Crippen LogP contribution < -0.4 is 15.9 Å². The molecule has 1 unspecified atom stereocenters. The second kappa shape index (κ2) is 12.5. The van der Waals surface area contributed by atoms with Gasteiger partial charge in [0.25, 0.3) is 0 Å². The van der Waals surface area contributed by atoms with E-state index in [1.165, 1.54) is 12.6 Å². The van der Waals surface area contributed by atoms with Crippen molar-refractivity contribution >= 4 is 57.8 Å². The zero-order valence-electron chi connectivity index (χ0n) is 23.3. The number of nitrogen functional groups attached to an aromatic ring is 1. The smallest absolute Gasteiger partial charge is 0.225 e. The number of thiophene rings is 1. The van der Waals surface area contributed by atoms with Crippen LogP contribution in [0.4, 0.5) is 15.3 Å². The number of nitrogens with zero attached hydrogens (tertiary/aromatic N) is 5. The van der Waals surface area contributed by atoms with E-state index in [0.29, 0.717) is 34.9 Å². The number of nitrogens with two attached hydrogens (primary N) is 1. The normalized spacial score (nSPS) is 14.2. The minimum atomic E-state index is -0.486. The Hall–Kier alpha value is -2.92. The molecule has 0 saturated carbocycles. The molecule has 1 saturated heterocycles. The third-order valence-corrected chi connectivity index (χ3v) is 8.62. The highest BCUT2D eigenvalue weighted by Crippen LogP contribution is 2.43. The quantitative estimate of drug-likeness (QED) is 0.275. The molecular formula is C29H36FN6OPS. The van der Waals surface area contributed by atoms with E-state index >= 15 is 0 Å². The summed E-state index contributed by atoms with van der Waals surface area (Å²) in [5, 5.41) is 12.2. The maximum atomic E-state index is 14.6. The molecule has 2 aliphatic heterocycles. The third kappa shape index (κ3) is 5.43. The van der Waals surface area contributed by atoms with Crippen LogP contribution in [-0.4, -0.2) is 28.0 Å². The van der Waals surface area contributed by atoms with E-state index < -0.39 is 5.82 Å². The number of hydrogen-bond acceptors (Lipinski definition) is 8. The summed E-state index contributed by atoms with van der Waals surface area (Å²) >= 11 is 1.07. The lowest BCUT2D eigenvalue weighted by atomic mass is 9.94. The molecule has 0 amide bonds. The molecule has 1 fully saturated rings. The van der Waals surface area contributed by atoms with Gasteiger partial charge in [0.2, 0.25) is 5.95 Å². The molecule has 1 aromatic carbocycles. The number of halogens is 1. The Kier molecular flexibility index (Phi) is 9.32. The first-order chi connectivity index (χ1) is 18.8. The fourth-order valence-corrected chi connectivity index (χ4v) is 6.15. The maximum Gasteiger partial charge on any atom is 0.225 e. The highest BCUT2D eigenvalue weighted by molar-refractivity contribution is 7.29. The largest absolute Gasteiger partial charge is 0.389 e. The van der Waals surface area contributed by atoms with Crippen LogP contribution in [0.25, 0.3) is 32.2 Å². The van der Waals surface area contributed by atoms with Gasteiger partial charge in [0.15, 0.2) is 5.82 Å². The number of rotatable bonds is 3. The van der Waals surface area contributed by atoms with Crippen molar-refractivity contribution in [3.05, 3.63) is 34.9 Å². The Morgan fingerprint density at radius 1 is 1.18 bits per heavy atom. The van der Waals surface area contributed by atoms with Crippen LogP contribution in [0.5, 0.6) is 0 Å². The number of pyridine rings is 1. The highest BCUT2D eigenvalue weighted by atomic mass is 32.1. The molecule has 4 aromatic rings. The molecule has 0 radical (unpaired) electrons. The summed E-state index contributed by atoms with van der Waals surface area (Å²) in [6, 6.07) is 2.13. The van der Waals surface area contributed by atoms with Gasteiger partial charge in [-0.3, -0.25) is 4.98 Å². The van der Waals surface area contributed by atoms with Crippen molar-refractivity contribution in [3.63, 3.8) is 0 Å². The molecule has 39 heavy (non-hydrogen) atoms. The SMILES string of the molecule is CC.CCC(C)C.N#Cc1c(N)sc2c(F)cnc(-c3c4c(c5cnc(N6CCCC6)nc5c3P)COC4)c12. The van der Waals surface area contributed by atoms with Crippen LogP contribution in [0, 0.1) is 23.1 Å². The van der Waals surface area contributed by atoms with Gasteiger partial charge in [0.1, 0.15) is 11.1 Å². The lowest BCUT2D eigenvalue weighted by Gasteiger charge is -2.19. The molecule has 2 aliphatic rings. The first-order valence-electron chi connectivity index (χ1n) is 13.5. The van der Waals surface area contributed by atoms with Gasteiger partial charge in [0, 0.05) is 40.9 Å². The molecular weight excluding hydrogens is 530 g/mol. The van der Waals surface area contributed by atoms with E-state index in [-0.39, 0.29) is 10.6 Å². The predicted molar refractivity (Wildman–Crippen MR) is 163 cm³/mol. The zero-order valence-corrected chi connectivity index (χ0v) is 25.2. The molecule has 10 heteroatoms. The van der Waals surface area contributed by atoms with Crippen LogP contribution in [0.2, 0.25) is 0 Å². The summed E-state index contributed by atoms with van der Waals surface area (Å²) in [6.07, 6.45) is 6.64. The first-order valence-corrected chi connectivity index (χ1v) is 14.9. The third-order valence-electron chi connectivity index (χ3n) is 7.03. The van der Waals surface area contributed by atoms with Gasteiger partial charge in [-0.1, -0.05) is 41.0 Å². The summed E-state index contributed by atoms with van der Waals surface area (Å²) in [5.74, 6) is 1.10. The van der Waals surface area contributed by atoms with E-state index in [4.69, 9.17) is 15.5 Å². The second-order valence-electron chi connectivity index (χ2n) is 9.78. The van der Waals surface area contributed by atoms with Gasteiger partial charge in [-0.25, -0.2) is 14.4 Å². The Morgan fingerprint density at radius 3 is 2.49 bits per heavy atom. The number of nitriles is 1. The zero-order chi connectivity index (χ0) is 28.3.